The zero-order valence-corrected chi connectivity index (χ0v) is 13.4. The molecule has 1 atom stereocenters. The molecular weight excluding hydrogens is 270 g/mol. The van der Waals surface area contributed by atoms with E-state index < -0.39 is 11.7 Å². The van der Waals surface area contributed by atoms with Crippen LogP contribution in [0.5, 0.6) is 0 Å². The first-order valence-electron chi connectivity index (χ1n) is 7.89. The van der Waals surface area contributed by atoms with Crippen LogP contribution in [0.3, 0.4) is 0 Å². The molecule has 0 aromatic carbocycles. The van der Waals surface area contributed by atoms with Crippen molar-refractivity contribution in [3.63, 3.8) is 0 Å². The summed E-state index contributed by atoms with van der Waals surface area (Å²) in [6.07, 6.45) is 5.67. The first-order valence-corrected chi connectivity index (χ1v) is 7.89. The number of hydrogen-bond acceptors (Lipinski definition) is 4. The molecule has 0 aromatic heterocycles. The van der Waals surface area contributed by atoms with Gasteiger partial charge in [0.1, 0.15) is 11.9 Å². The van der Waals surface area contributed by atoms with Crippen molar-refractivity contribution in [2.45, 2.75) is 70.9 Å². The number of aldehydes is 1. The second-order valence-electron chi connectivity index (χ2n) is 6.95. The molecule has 0 bridgehead atoms. The topological polar surface area (TPSA) is 75.6 Å². The number of rotatable bonds is 6. The van der Waals surface area contributed by atoms with Crippen LogP contribution in [0.4, 0.5) is 4.79 Å². The third-order valence-electron chi connectivity index (χ3n) is 4.05. The number of ether oxygens (including phenoxy) is 1. The SMILES string of the molecule is CC(C)(C)OC(=O)NC(CC=O)C1CCC(CCO)CC1. The van der Waals surface area contributed by atoms with Crippen LogP contribution in [0.25, 0.3) is 0 Å². The standard InChI is InChI=1S/C16H29NO4/c1-16(2,3)21-15(20)17-14(9-11-19)13-6-4-12(5-7-13)8-10-18/h11-14,18H,4-10H2,1-3H3,(H,17,20). The van der Waals surface area contributed by atoms with Gasteiger partial charge in [-0.1, -0.05) is 12.8 Å². The maximum atomic E-state index is 11.9. The van der Waals surface area contributed by atoms with Crippen LogP contribution in [0, 0.1) is 11.8 Å². The van der Waals surface area contributed by atoms with Gasteiger partial charge in [0.2, 0.25) is 0 Å². The molecule has 0 spiro atoms. The Morgan fingerprint density at radius 1 is 1.33 bits per heavy atom. The Kier molecular flexibility index (Phi) is 7.15. The van der Waals surface area contributed by atoms with Gasteiger partial charge in [-0.15, -0.1) is 0 Å². The van der Waals surface area contributed by atoms with Gasteiger partial charge < -0.3 is 20.0 Å². The van der Waals surface area contributed by atoms with E-state index in [1.807, 2.05) is 20.8 Å². The maximum absolute atomic E-state index is 11.9. The number of hydrogen-bond donors (Lipinski definition) is 2. The third-order valence-corrected chi connectivity index (χ3v) is 4.05. The van der Waals surface area contributed by atoms with Gasteiger partial charge in [0.05, 0.1) is 0 Å². The molecule has 1 amide bonds. The lowest BCUT2D eigenvalue weighted by molar-refractivity contribution is -0.108. The first-order chi connectivity index (χ1) is 9.85. The molecule has 1 aliphatic rings. The highest BCUT2D eigenvalue weighted by Crippen LogP contribution is 2.33. The summed E-state index contributed by atoms with van der Waals surface area (Å²) in [6, 6.07) is -0.146. The van der Waals surface area contributed by atoms with E-state index in [4.69, 9.17) is 9.84 Å². The molecule has 0 aliphatic heterocycles. The predicted molar refractivity (Wildman–Crippen MR) is 81.0 cm³/mol. The summed E-state index contributed by atoms with van der Waals surface area (Å²) in [5.74, 6) is 0.891. The highest BCUT2D eigenvalue weighted by molar-refractivity contribution is 5.68. The predicted octanol–water partition coefficient (Wildman–Crippen LogP) is 2.66. The molecule has 2 N–H and O–H groups in total. The zero-order chi connectivity index (χ0) is 15.9. The second-order valence-corrected chi connectivity index (χ2v) is 6.95. The van der Waals surface area contributed by atoms with Crippen molar-refractivity contribution >= 4 is 12.4 Å². The number of aliphatic hydroxyl groups excluding tert-OH is 1. The summed E-state index contributed by atoms with van der Waals surface area (Å²) in [7, 11) is 0. The Balaban J connectivity index is 2.50. The van der Waals surface area contributed by atoms with Gasteiger partial charge >= 0.3 is 6.09 Å². The maximum Gasteiger partial charge on any atom is 0.407 e. The van der Waals surface area contributed by atoms with Crippen molar-refractivity contribution < 1.29 is 19.4 Å². The Bertz CT molecular complexity index is 330. The van der Waals surface area contributed by atoms with Crippen LogP contribution in [0.2, 0.25) is 0 Å². The van der Waals surface area contributed by atoms with Gasteiger partial charge in [-0.2, -0.15) is 0 Å². The van der Waals surface area contributed by atoms with Crippen LogP contribution in [-0.4, -0.2) is 35.7 Å². The normalized spacial score (nSPS) is 24.2. The Hall–Kier alpha value is -1.10. The molecule has 1 unspecified atom stereocenters. The number of amides is 1. The minimum absolute atomic E-state index is 0.146. The van der Waals surface area contributed by atoms with E-state index in [1.165, 1.54) is 0 Å². The van der Waals surface area contributed by atoms with E-state index in [2.05, 4.69) is 5.32 Å². The van der Waals surface area contributed by atoms with Gasteiger partial charge in [-0.3, -0.25) is 0 Å². The molecule has 1 aliphatic carbocycles. The van der Waals surface area contributed by atoms with Crippen molar-refractivity contribution in [1.29, 1.82) is 0 Å². The molecule has 0 saturated heterocycles. The highest BCUT2D eigenvalue weighted by Gasteiger charge is 2.29. The molecule has 1 fully saturated rings. The molecule has 21 heavy (non-hydrogen) atoms. The van der Waals surface area contributed by atoms with Crippen molar-refractivity contribution in [3.05, 3.63) is 0 Å². The molecule has 122 valence electrons. The van der Waals surface area contributed by atoms with Crippen LogP contribution in [-0.2, 0) is 9.53 Å². The Morgan fingerprint density at radius 2 is 1.95 bits per heavy atom. The number of carbonyl (C=O) groups is 2. The zero-order valence-electron chi connectivity index (χ0n) is 13.4. The Morgan fingerprint density at radius 3 is 2.43 bits per heavy atom. The van der Waals surface area contributed by atoms with Crippen molar-refractivity contribution in [2.24, 2.45) is 11.8 Å². The third kappa shape index (κ3) is 6.93. The lowest BCUT2D eigenvalue weighted by Gasteiger charge is -2.34. The van der Waals surface area contributed by atoms with E-state index in [1.54, 1.807) is 0 Å². The van der Waals surface area contributed by atoms with Gasteiger partial charge in [0.25, 0.3) is 0 Å². The van der Waals surface area contributed by atoms with Gasteiger partial charge in [-0.05, 0) is 51.9 Å². The lowest BCUT2D eigenvalue weighted by Crippen LogP contribution is -2.44. The summed E-state index contributed by atoms with van der Waals surface area (Å²) in [5.41, 5.74) is -0.533. The molecule has 0 radical (unpaired) electrons. The fraction of sp³-hybridized carbons (Fsp3) is 0.875. The van der Waals surface area contributed by atoms with Gasteiger partial charge in [0, 0.05) is 19.1 Å². The molecular formula is C16H29NO4. The average molecular weight is 299 g/mol. The van der Waals surface area contributed by atoms with E-state index in [9.17, 15) is 9.59 Å². The second kappa shape index (κ2) is 8.37. The molecule has 0 heterocycles. The monoisotopic (exact) mass is 299 g/mol. The smallest absolute Gasteiger partial charge is 0.407 e. The van der Waals surface area contributed by atoms with Gasteiger partial charge in [0.15, 0.2) is 0 Å². The number of alkyl carbamates (subject to hydrolysis) is 1. The molecule has 5 nitrogen and oxygen atoms in total. The number of carbonyl (C=O) groups excluding carboxylic acids is 2. The number of nitrogens with one attached hydrogen (secondary N) is 1. The van der Waals surface area contributed by atoms with E-state index in [-0.39, 0.29) is 12.6 Å². The summed E-state index contributed by atoms with van der Waals surface area (Å²) < 4.78 is 5.27. The van der Waals surface area contributed by atoms with Crippen LogP contribution < -0.4 is 5.32 Å². The van der Waals surface area contributed by atoms with E-state index in [0.29, 0.717) is 18.3 Å². The van der Waals surface area contributed by atoms with Crippen LogP contribution in [0.1, 0.15) is 59.3 Å². The molecule has 1 saturated carbocycles. The largest absolute Gasteiger partial charge is 0.444 e. The van der Waals surface area contributed by atoms with Crippen LogP contribution >= 0.6 is 0 Å². The van der Waals surface area contributed by atoms with E-state index >= 15 is 0 Å². The van der Waals surface area contributed by atoms with Gasteiger partial charge in [-0.25, -0.2) is 4.79 Å². The average Bonchev–Trinajstić information content (AvgIpc) is 2.37. The van der Waals surface area contributed by atoms with Crippen LogP contribution in [0.15, 0.2) is 0 Å². The van der Waals surface area contributed by atoms with Crippen molar-refractivity contribution in [3.8, 4) is 0 Å². The fourth-order valence-electron chi connectivity index (χ4n) is 2.99. The van der Waals surface area contributed by atoms with E-state index in [0.717, 1.165) is 38.4 Å². The summed E-state index contributed by atoms with van der Waals surface area (Å²) >= 11 is 0. The fourth-order valence-corrected chi connectivity index (χ4v) is 2.99. The Labute approximate surface area is 127 Å². The van der Waals surface area contributed by atoms with Crippen molar-refractivity contribution in [2.75, 3.05) is 6.61 Å². The highest BCUT2D eigenvalue weighted by atomic mass is 16.6. The lowest BCUT2D eigenvalue weighted by atomic mass is 9.77. The quantitative estimate of drug-likeness (QED) is 0.739. The first kappa shape index (κ1) is 18.0. The summed E-state index contributed by atoms with van der Waals surface area (Å²) in [5, 5.41) is 11.8. The molecule has 5 heteroatoms. The van der Waals surface area contributed by atoms with Crippen molar-refractivity contribution in [1.82, 2.24) is 5.32 Å². The minimum Gasteiger partial charge on any atom is -0.444 e. The summed E-state index contributed by atoms with van der Waals surface area (Å²) in [6.45, 7) is 5.70. The molecule has 0 aromatic rings. The summed E-state index contributed by atoms with van der Waals surface area (Å²) in [4.78, 5) is 22.7. The molecule has 1 rings (SSSR count). The minimum atomic E-state index is -0.533. The number of aliphatic hydroxyl groups is 1.